The first-order valence-electron chi connectivity index (χ1n) is 13.4. The molecule has 1 N–H and O–H groups in total. The molecule has 0 radical (unpaired) electrons. The van der Waals surface area contributed by atoms with E-state index in [4.69, 9.17) is 23.2 Å². The maximum atomic E-state index is 14.0. The van der Waals surface area contributed by atoms with Crippen molar-refractivity contribution in [3.8, 4) is 0 Å². The number of nitrogens with one attached hydrogen (secondary N) is 1. The van der Waals surface area contributed by atoms with Gasteiger partial charge in [-0.1, -0.05) is 72.8 Å². The van der Waals surface area contributed by atoms with Crippen molar-refractivity contribution in [2.24, 2.45) is 0 Å². The molecule has 41 heavy (non-hydrogen) atoms. The van der Waals surface area contributed by atoms with Crippen LogP contribution in [0.15, 0.2) is 77.7 Å². The van der Waals surface area contributed by atoms with Gasteiger partial charge >= 0.3 is 0 Å². The molecule has 218 valence electrons. The van der Waals surface area contributed by atoms with Gasteiger partial charge < -0.3 is 10.2 Å². The van der Waals surface area contributed by atoms with Crippen LogP contribution in [-0.4, -0.2) is 43.8 Å². The van der Waals surface area contributed by atoms with Gasteiger partial charge in [-0.05, 0) is 67.8 Å². The van der Waals surface area contributed by atoms with Gasteiger partial charge in [0.15, 0.2) is 0 Å². The third-order valence-corrected chi connectivity index (χ3v) is 9.49. The Labute approximate surface area is 250 Å². The largest absolute Gasteiger partial charge is 0.352 e. The second-order valence-electron chi connectivity index (χ2n) is 10.1. The zero-order chi connectivity index (χ0) is 29.6. The number of anilines is 1. The molecule has 0 aliphatic heterocycles. The number of rotatable bonds is 10. The number of hydrogen-bond acceptors (Lipinski definition) is 4. The molecule has 3 aromatic carbocycles. The summed E-state index contributed by atoms with van der Waals surface area (Å²) >= 11 is 12.5. The Morgan fingerprint density at radius 2 is 1.63 bits per heavy atom. The standard InChI is InChI=1S/C30H32Cl2FN3O4S/c1-21(30(38)34-25-8-4-2-5-9-25)35(19-22-12-15-24(33)16-13-22)29(37)20-36(28-17-14-23(31)18-27(28)32)41(39,40)26-10-6-3-7-11-26/h3,6-7,10-18,21,25H,2,4-5,8-9,19-20H2,1H3,(H,34,38)/t21-/m0/s1. The molecule has 1 atom stereocenters. The van der Waals surface area contributed by atoms with Crippen molar-refractivity contribution in [3.05, 3.63) is 94.2 Å². The molecular formula is C30H32Cl2FN3O4S. The Hall–Kier alpha value is -3.14. The summed E-state index contributed by atoms with van der Waals surface area (Å²) < 4.78 is 42.2. The van der Waals surface area contributed by atoms with E-state index in [1.807, 2.05) is 0 Å². The topological polar surface area (TPSA) is 86.8 Å². The molecule has 1 aliphatic carbocycles. The number of benzene rings is 3. The molecule has 1 aliphatic rings. The normalized spacial score (nSPS) is 14.7. The molecule has 0 bridgehead atoms. The fraction of sp³-hybridized carbons (Fsp3) is 0.333. The van der Waals surface area contributed by atoms with Gasteiger partial charge in [0.05, 0.1) is 15.6 Å². The maximum Gasteiger partial charge on any atom is 0.264 e. The summed E-state index contributed by atoms with van der Waals surface area (Å²) in [4.78, 5) is 28.6. The highest BCUT2D eigenvalue weighted by Crippen LogP contribution is 2.33. The molecular weight excluding hydrogens is 588 g/mol. The first-order valence-corrected chi connectivity index (χ1v) is 15.6. The quantitative estimate of drug-likeness (QED) is 0.293. The Morgan fingerprint density at radius 1 is 0.976 bits per heavy atom. The molecule has 0 heterocycles. The molecule has 11 heteroatoms. The lowest BCUT2D eigenvalue weighted by molar-refractivity contribution is -0.139. The lowest BCUT2D eigenvalue weighted by atomic mass is 9.95. The SMILES string of the molecule is C[C@@H](C(=O)NC1CCCCC1)N(Cc1ccc(F)cc1)C(=O)CN(c1ccc(Cl)cc1Cl)S(=O)(=O)c1ccccc1. The lowest BCUT2D eigenvalue weighted by Gasteiger charge is -2.33. The summed E-state index contributed by atoms with van der Waals surface area (Å²) in [5.41, 5.74) is 0.647. The van der Waals surface area contributed by atoms with E-state index in [2.05, 4.69) is 5.32 Å². The minimum absolute atomic E-state index is 0.0179. The van der Waals surface area contributed by atoms with Crippen LogP contribution in [0.2, 0.25) is 10.0 Å². The van der Waals surface area contributed by atoms with Gasteiger partial charge in [-0.2, -0.15) is 0 Å². The average Bonchev–Trinajstić information content (AvgIpc) is 2.96. The molecule has 0 aromatic heterocycles. The van der Waals surface area contributed by atoms with Crippen LogP contribution >= 0.6 is 23.2 Å². The summed E-state index contributed by atoms with van der Waals surface area (Å²) in [7, 11) is -4.26. The molecule has 0 saturated heterocycles. The van der Waals surface area contributed by atoms with Crippen LogP contribution in [0, 0.1) is 5.82 Å². The summed E-state index contributed by atoms with van der Waals surface area (Å²) in [6.45, 7) is 0.928. The minimum atomic E-state index is -4.26. The van der Waals surface area contributed by atoms with Gasteiger partial charge in [0, 0.05) is 17.6 Å². The van der Waals surface area contributed by atoms with E-state index in [1.54, 1.807) is 25.1 Å². The van der Waals surface area contributed by atoms with Gasteiger partial charge in [-0.3, -0.25) is 13.9 Å². The highest BCUT2D eigenvalue weighted by molar-refractivity contribution is 7.92. The van der Waals surface area contributed by atoms with Crippen LogP contribution < -0.4 is 9.62 Å². The van der Waals surface area contributed by atoms with Crippen LogP contribution in [-0.2, 0) is 26.2 Å². The Bertz CT molecular complexity index is 1470. The molecule has 2 amide bonds. The molecule has 0 unspecified atom stereocenters. The van der Waals surface area contributed by atoms with E-state index < -0.39 is 34.3 Å². The number of sulfonamides is 1. The van der Waals surface area contributed by atoms with Crippen molar-refractivity contribution in [2.45, 2.75) is 62.6 Å². The first-order chi connectivity index (χ1) is 19.6. The zero-order valence-corrected chi connectivity index (χ0v) is 24.9. The minimum Gasteiger partial charge on any atom is -0.352 e. The third-order valence-electron chi connectivity index (χ3n) is 7.17. The Balaban J connectivity index is 1.69. The summed E-state index contributed by atoms with van der Waals surface area (Å²) in [5, 5.41) is 3.38. The Morgan fingerprint density at radius 3 is 2.27 bits per heavy atom. The van der Waals surface area contributed by atoms with Crippen molar-refractivity contribution in [1.29, 1.82) is 0 Å². The van der Waals surface area contributed by atoms with Crippen LogP contribution in [0.25, 0.3) is 0 Å². The Kier molecular flexibility index (Phi) is 10.3. The zero-order valence-electron chi connectivity index (χ0n) is 22.6. The number of carbonyl (C=O) groups excluding carboxylic acids is 2. The number of halogens is 3. The third kappa shape index (κ3) is 7.78. The van der Waals surface area contributed by atoms with Gasteiger partial charge in [0.2, 0.25) is 11.8 Å². The number of nitrogens with zero attached hydrogens (tertiary/aromatic N) is 2. The highest BCUT2D eigenvalue weighted by atomic mass is 35.5. The number of amides is 2. The molecule has 3 aromatic rings. The average molecular weight is 621 g/mol. The smallest absolute Gasteiger partial charge is 0.264 e. The summed E-state index contributed by atoms with van der Waals surface area (Å²) in [5.74, 6) is -1.41. The van der Waals surface area contributed by atoms with Crippen molar-refractivity contribution < 1.29 is 22.4 Å². The number of carbonyl (C=O) groups is 2. The van der Waals surface area contributed by atoms with Crippen LogP contribution in [0.4, 0.5) is 10.1 Å². The molecule has 1 fully saturated rings. The maximum absolute atomic E-state index is 14.0. The van der Waals surface area contributed by atoms with E-state index in [9.17, 15) is 22.4 Å². The van der Waals surface area contributed by atoms with Crippen molar-refractivity contribution >= 4 is 50.7 Å². The second-order valence-corrected chi connectivity index (χ2v) is 12.8. The van der Waals surface area contributed by atoms with Gasteiger partial charge in [-0.15, -0.1) is 0 Å². The summed E-state index contributed by atoms with van der Waals surface area (Å²) in [6.07, 6.45) is 4.89. The highest BCUT2D eigenvalue weighted by Gasteiger charge is 2.34. The van der Waals surface area contributed by atoms with Crippen LogP contribution in [0.1, 0.15) is 44.6 Å². The molecule has 4 rings (SSSR count). The van der Waals surface area contributed by atoms with E-state index in [1.165, 1.54) is 59.5 Å². The van der Waals surface area contributed by atoms with E-state index in [0.29, 0.717) is 10.6 Å². The predicted octanol–water partition coefficient (Wildman–Crippen LogP) is 6.19. The first kappa shape index (κ1) is 30.8. The number of hydrogen-bond donors (Lipinski definition) is 1. The molecule has 7 nitrogen and oxygen atoms in total. The molecule has 0 spiro atoms. The van der Waals surface area contributed by atoms with Gasteiger partial charge in [0.25, 0.3) is 10.0 Å². The van der Waals surface area contributed by atoms with E-state index in [0.717, 1.165) is 36.4 Å². The van der Waals surface area contributed by atoms with Gasteiger partial charge in [-0.25, -0.2) is 12.8 Å². The lowest BCUT2D eigenvalue weighted by Crippen LogP contribution is -2.53. The van der Waals surface area contributed by atoms with E-state index in [-0.39, 0.29) is 34.1 Å². The van der Waals surface area contributed by atoms with Crippen molar-refractivity contribution in [1.82, 2.24) is 10.2 Å². The monoisotopic (exact) mass is 619 g/mol. The molecule has 1 saturated carbocycles. The van der Waals surface area contributed by atoms with Crippen molar-refractivity contribution in [2.75, 3.05) is 10.8 Å². The van der Waals surface area contributed by atoms with E-state index >= 15 is 0 Å². The second kappa shape index (κ2) is 13.7. The van der Waals surface area contributed by atoms with Crippen LogP contribution in [0.5, 0.6) is 0 Å². The fourth-order valence-corrected chi connectivity index (χ4v) is 6.87. The van der Waals surface area contributed by atoms with Crippen molar-refractivity contribution in [3.63, 3.8) is 0 Å². The van der Waals surface area contributed by atoms with Gasteiger partial charge in [0.1, 0.15) is 18.4 Å². The summed E-state index contributed by atoms with van der Waals surface area (Å²) in [6, 6.07) is 16.7. The van der Waals surface area contributed by atoms with Crippen LogP contribution in [0.3, 0.4) is 0 Å². The fourth-order valence-electron chi connectivity index (χ4n) is 4.85. The predicted molar refractivity (Wildman–Crippen MR) is 159 cm³/mol.